The number of hydrogen-bond donors (Lipinski definition) is 1. The second kappa shape index (κ2) is 6.98. The van der Waals surface area contributed by atoms with Crippen LogP contribution in [0.5, 0.6) is 0 Å². The zero-order valence-electron chi connectivity index (χ0n) is 12.1. The fourth-order valence-corrected chi connectivity index (χ4v) is 2.99. The third kappa shape index (κ3) is 3.75. The highest BCUT2D eigenvalue weighted by Crippen LogP contribution is 2.27. The standard InChI is InChI=1S/C14H24N4S/c1-4-15-12-10-13(17-14(16-12)19-3)18(2)11-8-6-5-7-9-11/h10-11H,4-9H2,1-3H3,(H,15,16,17). The molecule has 1 fully saturated rings. The van der Waals surface area contributed by atoms with Gasteiger partial charge in [-0.25, -0.2) is 9.97 Å². The van der Waals surface area contributed by atoms with E-state index in [1.807, 2.05) is 6.26 Å². The lowest BCUT2D eigenvalue weighted by Gasteiger charge is -2.32. The molecule has 1 aliphatic carbocycles. The van der Waals surface area contributed by atoms with Gasteiger partial charge in [-0.05, 0) is 26.0 Å². The van der Waals surface area contributed by atoms with Crippen LogP contribution in [0.2, 0.25) is 0 Å². The quantitative estimate of drug-likeness (QED) is 0.661. The lowest BCUT2D eigenvalue weighted by Crippen LogP contribution is -2.34. The van der Waals surface area contributed by atoms with Crippen molar-refractivity contribution in [2.24, 2.45) is 0 Å². The molecule has 5 heteroatoms. The molecule has 2 rings (SSSR count). The van der Waals surface area contributed by atoms with Crippen molar-refractivity contribution in [1.29, 1.82) is 0 Å². The van der Waals surface area contributed by atoms with E-state index >= 15 is 0 Å². The van der Waals surface area contributed by atoms with E-state index in [-0.39, 0.29) is 0 Å². The molecule has 1 saturated carbocycles. The minimum Gasteiger partial charge on any atom is -0.370 e. The summed E-state index contributed by atoms with van der Waals surface area (Å²) < 4.78 is 0. The lowest BCUT2D eigenvalue weighted by atomic mass is 9.94. The minimum absolute atomic E-state index is 0.632. The van der Waals surface area contributed by atoms with Crippen molar-refractivity contribution in [3.63, 3.8) is 0 Å². The summed E-state index contributed by atoms with van der Waals surface area (Å²) in [6.45, 7) is 2.98. The molecule has 0 saturated heterocycles. The van der Waals surface area contributed by atoms with Gasteiger partial charge in [-0.15, -0.1) is 0 Å². The first kappa shape index (κ1) is 14.4. The molecule has 0 amide bonds. The largest absolute Gasteiger partial charge is 0.370 e. The summed E-state index contributed by atoms with van der Waals surface area (Å²) >= 11 is 1.60. The number of nitrogens with one attached hydrogen (secondary N) is 1. The van der Waals surface area contributed by atoms with E-state index in [0.29, 0.717) is 6.04 Å². The average Bonchev–Trinajstić information content (AvgIpc) is 2.47. The molecule has 1 aromatic rings. The van der Waals surface area contributed by atoms with Crippen LogP contribution >= 0.6 is 11.8 Å². The maximum atomic E-state index is 4.65. The molecule has 1 N–H and O–H groups in total. The molecule has 0 aromatic carbocycles. The van der Waals surface area contributed by atoms with Gasteiger partial charge in [-0.3, -0.25) is 0 Å². The van der Waals surface area contributed by atoms with Crippen LogP contribution in [0.3, 0.4) is 0 Å². The molecule has 0 radical (unpaired) electrons. The summed E-state index contributed by atoms with van der Waals surface area (Å²) in [5.74, 6) is 1.97. The highest BCUT2D eigenvalue weighted by molar-refractivity contribution is 7.98. The molecule has 0 bridgehead atoms. The molecule has 1 heterocycles. The van der Waals surface area contributed by atoms with E-state index in [1.54, 1.807) is 11.8 Å². The summed E-state index contributed by atoms with van der Waals surface area (Å²) in [5.41, 5.74) is 0. The number of hydrogen-bond acceptors (Lipinski definition) is 5. The Morgan fingerprint density at radius 3 is 2.68 bits per heavy atom. The predicted molar refractivity (Wildman–Crippen MR) is 83.3 cm³/mol. The topological polar surface area (TPSA) is 41.0 Å². The van der Waals surface area contributed by atoms with E-state index in [4.69, 9.17) is 0 Å². The zero-order valence-corrected chi connectivity index (χ0v) is 13.0. The maximum absolute atomic E-state index is 4.65. The van der Waals surface area contributed by atoms with Crippen molar-refractivity contribution in [3.05, 3.63) is 6.07 Å². The number of rotatable bonds is 5. The Labute approximate surface area is 120 Å². The summed E-state index contributed by atoms with van der Waals surface area (Å²) in [7, 11) is 2.16. The minimum atomic E-state index is 0.632. The molecule has 19 heavy (non-hydrogen) atoms. The van der Waals surface area contributed by atoms with Crippen LogP contribution in [-0.2, 0) is 0 Å². The Balaban J connectivity index is 2.18. The highest BCUT2D eigenvalue weighted by atomic mass is 32.2. The summed E-state index contributed by atoms with van der Waals surface area (Å²) in [4.78, 5) is 11.5. The van der Waals surface area contributed by atoms with E-state index in [1.165, 1.54) is 32.1 Å². The van der Waals surface area contributed by atoms with Gasteiger partial charge in [0.25, 0.3) is 0 Å². The molecule has 1 aromatic heterocycles. The SMILES string of the molecule is CCNc1cc(N(C)C2CCCCC2)nc(SC)n1. The molecule has 0 unspecified atom stereocenters. The third-order valence-electron chi connectivity index (χ3n) is 3.72. The van der Waals surface area contributed by atoms with Gasteiger partial charge in [0.2, 0.25) is 0 Å². The molecule has 0 atom stereocenters. The Bertz CT molecular complexity index is 404. The van der Waals surface area contributed by atoms with Gasteiger partial charge in [0.05, 0.1) is 0 Å². The van der Waals surface area contributed by atoms with E-state index in [9.17, 15) is 0 Å². The van der Waals surface area contributed by atoms with Gasteiger partial charge in [0.15, 0.2) is 5.16 Å². The zero-order chi connectivity index (χ0) is 13.7. The van der Waals surface area contributed by atoms with Crippen LogP contribution in [0.25, 0.3) is 0 Å². The first-order chi connectivity index (χ1) is 9.24. The molecule has 0 spiro atoms. The maximum Gasteiger partial charge on any atom is 0.191 e. The first-order valence-corrected chi connectivity index (χ1v) is 8.37. The van der Waals surface area contributed by atoms with Crippen LogP contribution < -0.4 is 10.2 Å². The van der Waals surface area contributed by atoms with Crippen molar-refractivity contribution < 1.29 is 0 Å². The van der Waals surface area contributed by atoms with Crippen LogP contribution in [0, 0.1) is 0 Å². The van der Waals surface area contributed by atoms with E-state index in [2.05, 4.69) is 40.2 Å². The Hall–Kier alpha value is -0.970. The van der Waals surface area contributed by atoms with Crippen molar-refractivity contribution >= 4 is 23.4 Å². The number of nitrogens with zero attached hydrogens (tertiary/aromatic N) is 3. The first-order valence-electron chi connectivity index (χ1n) is 7.14. The van der Waals surface area contributed by atoms with Crippen LogP contribution in [-0.4, -0.2) is 35.9 Å². The number of anilines is 2. The second-order valence-corrected chi connectivity index (χ2v) is 5.80. The fourth-order valence-electron chi connectivity index (χ4n) is 2.61. The predicted octanol–water partition coefficient (Wildman–Crippen LogP) is 3.40. The van der Waals surface area contributed by atoms with E-state index < -0.39 is 0 Å². The fraction of sp³-hybridized carbons (Fsp3) is 0.714. The number of aromatic nitrogens is 2. The van der Waals surface area contributed by atoms with Gasteiger partial charge in [-0.2, -0.15) is 0 Å². The van der Waals surface area contributed by atoms with Gasteiger partial charge in [0, 0.05) is 25.7 Å². The van der Waals surface area contributed by atoms with Crippen molar-refractivity contribution in [2.45, 2.75) is 50.2 Å². The third-order valence-corrected chi connectivity index (χ3v) is 4.26. The Morgan fingerprint density at radius 1 is 1.32 bits per heavy atom. The normalized spacial score (nSPS) is 16.4. The van der Waals surface area contributed by atoms with Gasteiger partial charge in [-0.1, -0.05) is 31.0 Å². The monoisotopic (exact) mass is 280 g/mol. The van der Waals surface area contributed by atoms with Crippen LogP contribution in [0.1, 0.15) is 39.0 Å². The van der Waals surface area contributed by atoms with Crippen molar-refractivity contribution in [3.8, 4) is 0 Å². The second-order valence-electron chi connectivity index (χ2n) is 5.03. The van der Waals surface area contributed by atoms with Gasteiger partial charge >= 0.3 is 0 Å². The summed E-state index contributed by atoms with van der Waals surface area (Å²) in [6, 6.07) is 2.70. The summed E-state index contributed by atoms with van der Waals surface area (Å²) in [5, 5.41) is 4.13. The lowest BCUT2D eigenvalue weighted by molar-refractivity contribution is 0.425. The van der Waals surface area contributed by atoms with Crippen LogP contribution in [0.15, 0.2) is 11.2 Å². The van der Waals surface area contributed by atoms with E-state index in [0.717, 1.165) is 23.3 Å². The molecule has 0 aliphatic heterocycles. The highest BCUT2D eigenvalue weighted by Gasteiger charge is 2.20. The van der Waals surface area contributed by atoms with Crippen molar-refractivity contribution in [1.82, 2.24) is 9.97 Å². The average molecular weight is 280 g/mol. The molecule has 4 nitrogen and oxygen atoms in total. The number of thioether (sulfide) groups is 1. The molecule has 1 aliphatic rings. The molecule has 106 valence electrons. The smallest absolute Gasteiger partial charge is 0.191 e. The van der Waals surface area contributed by atoms with Crippen molar-refractivity contribution in [2.75, 3.05) is 30.1 Å². The summed E-state index contributed by atoms with van der Waals surface area (Å²) in [6.07, 6.45) is 8.66. The molecular formula is C14H24N4S. The molecular weight excluding hydrogens is 256 g/mol. The van der Waals surface area contributed by atoms with Crippen LogP contribution in [0.4, 0.5) is 11.6 Å². The Kier molecular flexibility index (Phi) is 5.31. The van der Waals surface area contributed by atoms with Gasteiger partial charge < -0.3 is 10.2 Å². The Morgan fingerprint density at radius 2 is 2.05 bits per heavy atom. The van der Waals surface area contributed by atoms with Gasteiger partial charge in [0.1, 0.15) is 11.6 Å².